The Labute approximate surface area is 122 Å². The van der Waals surface area contributed by atoms with Gasteiger partial charge in [0, 0.05) is 32.0 Å². The molecule has 2 rings (SSSR count). The Morgan fingerprint density at radius 1 is 1.50 bits per heavy atom. The van der Waals surface area contributed by atoms with E-state index in [2.05, 4.69) is 15.5 Å². The Bertz CT molecular complexity index is 526. The molecule has 0 radical (unpaired) electrons. The van der Waals surface area contributed by atoms with Gasteiger partial charge in [0.05, 0.1) is 5.92 Å². The van der Waals surface area contributed by atoms with Gasteiger partial charge in [0.1, 0.15) is 10.0 Å². The highest BCUT2D eigenvalue weighted by atomic mass is 32.1. The van der Waals surface area contributed by atoms with Gasteiger partial charge in [-0.15, -0.1) is 21.5 Å². The number of nitrogens with one attached hydrogen (secondary N) is 1. The first kappa shape index (κ1) is 14.9. The standard InChI is InChI=1S/C13H20N4O2S/c1-8-15-16-10(20-8)5-6-14-12(19)9-7-11(18)17(4)13(9,2)3/h9H,5-7H2,1-4H3,(H,14,19)/t9-/m0/s1. The highest BCUT2D eigenvalue weighted by Crippen LogP contribution is 2.34. The number of likely N-dealkylation sites (tertiary alicyclic amines) is 1. The van der Waals surface area contributed by atoms with Crippen LogP contribution in [-0.4, -0.2) is 46.0 Å². The minimum Gasteiger partial charge on any atom is -0.355 e. The van der Waals surface area contributed by atoms with E-state index >= 15 is 0 Å². The molecule has 0 saturated carbocycles. The molecule has 2 heterocycles. The maximum Gasteiger partial charge on any atom is 0.226 e. The van der Waals surface area contributed by atoms with Gasteiger partial charge in [-0.2, -0.15) is 0 Å². The molecule has 0 spiro atoms. The summed E-state index contributed by atoms with van der Waals surface area (Å²) >= 11 is 1.54. The van der Waals surface area contributed by atoms with Crippen molar-refractivity contribution in [2.75, 3.05) is 13.6 Å². The van der Waals surface area contributed by atoms with E-state index in [4.69, 9.17) is 0 Å². The third-order valence-electron chi connectivity index (χ3n) is 3.99. The van der Waals surface area contributed by atoms with E-state index in [1.165, 1.54) is 11.3 Å². The summed E-state index contributed by atoms with van der Waals surface area (Å²) in [6.45, 7) is 6.28. The molecule has 20 heavy (non-hydrogen) atoms. The van der Waals surface area contributed by atoms with Crippen LogP contribution in [0.2, 0.25) is 0 Å². The molecule has 0 unspecified atom stereocenters. The van der Waals surface area contributed by atoms with Gasteiger partial charge in [0.2, 0.25) is 11.8 Å². The lowest BCUT2D eigenvalue weighted by Crippen LogP contribution is -2.47. The lowest BCUT2D eigenvalue weighted by molar-refractivity contribution is -0.128. The van der Waals surface area contributed by atoms with Crippen LogP contribution in [-0.2, 0) is 16.0 Å². The smallest absolute Gasteiger partial charge is 0.226 e. The summed E-state index contributed by atoms with van der Waals surface area (Å²) < 4.78 is 0. The molecule has 1 aromatic heterocycles. The Balaban J connectivity index is 1.88. The lowest BCUT2D eigenvalue weighted by atomic mass is 9.88. The van der Waals surface area contributed by atoms with Crippen LogP contribution in [0.25, 0.3) is 0 Å². The first-order valence-electron chi connectivity index (χ1n) is 6.65. The second kappa shape index (κ2) is 5.47. The summed E-state index contributed by atoms with van der Waals surface area (Å²) in [5.74, 6) is -0.333. The SMILES string of the molecule is Cc1nnc(CCNC(=O)[C@@H]2CC(=O)N(C)C2(C)C)s1. The third-order valence-corrected chi connectivity index (χ3v) is 4.89. The van der Waals surface area contributed by atoms with Crippen molar-refractivity contribution in [1.29, 1.82) is 0 Å². The van der Waals surface area contributed by atoms with Crippen molar-refractivity contribution in [3.05, 3.63) is 10.0 Å². The summed E-state index contributed by atoms with van der Waals surface area (Å²) in [7, 11) is 1.75. The second-order valence-electron chi connectivity index (χ2n) is 5.62. The van der Waals surface area contributed by atoms with Gasteiger partial charge in [0.15, 0.2) is 0 Å². The topological polar surface area (TPSA) is 75.2 Å². The van der Waals surface area contributed by atoms with E-state index in [0.717, 1.165) is 10.0 Å². The monoisotopic (exact) mass is 296 g/mol. The van der Waals surface area contributed by atoms with E-state index in [-0.39, 0.29) is 24.2 Å². The number of nitrogens with zero attached hydrogens (tertiary/aromatic N) is 3. The van der Waals surface area contributed by atoms with Crippen LogP contribution >= 0.6 is 11.3 Å². The quantitative estimate of drug-likeness (QED) is 0.890. The zero-order valence-electron chi connectivity index (χ0n) is 12.3. The van der Waals surface area contributed by atoms with Gasteiger partial charge >= 0.3 is 0 Å². The fourth-order valence-electron chi connectivity index (χ4n) is 2.38. The number of amides is 2. The molecule has 1 aromatic rings. The Kier molecular flexibility index (Phi) is 4.08. The Morgan fingerprint density at radius 2 is 2.20 bits per heavy atom. The number of hydrogen-bond acceptors (Lipinski definition) is 5. The molecule has 1 N–H and O–H groups in total. The molecule has 110 valence electrons. The van der Waals surface area contributed by atoms with Crippen LogP contribution < -0.4 is 5.32 Å². The number of aromatic nitrogens is 2. The first-order chi connectivity index (χ1) is 9.32. The molecular formula is C13H20N4O2S. The summed E-state index contributed by atoms with van der Waals surface area (Å²) in [5, 5.41) is 12.7. The molecule has 2 amide bonds. The fourth-order valence-corrected chi connectivity index (χ4v) is 3.09. The van der Waals surface area contributed by atoms with Crippen molar-refractivity contribution >= 4 is 23.2 Å². The number of carbonyl (C=O) groups is 2. The molecule has 0 aliphatic carbocycles. The molecule has 6 nitrogen and oxygen atoms in total. The fraction of sp³-hybridized carbons (Fsp3) is 0.692. The molecule has 7 heteroatoms. The van der Waals surface area contributed by atoms with Gasteiger partial charge < -0.3 is 10.2 Å². The van der Waals surface area contributed by atoms with Gasteiger partial charge in [-0.25, -0.2) is 0 Å². The van der Waals surface area contributed by atoms with Crippen molar-refractivity contribution in [2.45, 2.75) is 39.2 Å². The molecule has 1 atom stereocenters. The van der Waals surface area contributed by atoms with E-state index in [9.17, 15) is 9.59 Å². The maximum absolute atomic E-state index is 12.2. The molecule has 0 bridgehead atoms. The summed E-state index contributed by atoms with van der Waals surface area (Å²) in [6.07, 6.45) is 0.960. The second-order valence-corrected chi connectivity index (χ2v) is 6.89. The van der Waals surface area contributed by atoms with Crippen molar-refractivity contribution in [1.82, 2.24) is 20.4 Å². The van der Waals surface area contributed by atoms with Crippen molar-refractivity contribution in [3.8, 4) is 0 Å². The normalized spacial score (nSPS) is 21.3. The molecular weight excluding hydrogens is 276 g/mol. The predicted octanol–water partition coefficient (Wildman–Crippen LogP) is 0.762. The van der Waals surface area contributed by atoms with Crippen LogP contribution in [0.4, 0.5) is 0 Å². The van der Waals surface area contributed by atoms with E-state index < -0.39 is 5.54 Å². The highest BCUT2D eigenvalue weighted by molar-refractivity contribution is 7.11. The van der Waals surface area contributed by atoms with Gasteiger partial charge in [0.25, 0.3) is 0 Å². The van der Waals surface area contributed by atoms with Gasteiger partial charge in [-0.1, -0.05) is 0 Å². The van der Waals surface area contributed by atoms with Crippen molar-refractivity contribution in [3.63, 3.8) is 0 Å². The average molecular weight is 296 g/mol. The van der Waals surface area contributed by atoms with Gasteiger partial charge in [-0.3, -0.25) is 9.59 Å². The zero-order chi connectivity index (χ0) is 14.9. The van der Waals surface area contributed by atoms with Crippen molar-refractivity contribution in [2.24, 2.45) is 5.92 Å². The van der Waals surface area contributed by atoms with Crippen LogP contribution in [0.1, 0.15) is 30.3 Å². The Hall–Kier alpha value is -1.50. The van der Waals surface area contributed by atoms with Crippen LogP contribution in [0.15, 0.2) is 0 Å². The van der Waals surface area contributed by atoms with Crippen LogP contribution in [0.5, 0.6) is 0 Å². The molecule has 1 aliphatic rings. The summed E-state index contributed by atoms with van der Waals surface area (Å²) in [4.78, 5) is 25.6. The number of rotatable bonds is 4. The van der Waals surface area contributed by atoms with Crippen LogP contribution in [0.3, 0.4) is 0 Å². The molecule has 0 aromatic carbocycles. The van der Waals surface area contributed by atoms with Crippen molar-refractivity contribution < 1.29 is 9.59 Å². The summed E-state index contributed by atoms with van der Waals surface area (Å²) in [6, 6.07) is 0. The summed E-state index contributed by atoms with van der Waals surface area (Å²) in [5.41, 5.74) is -0.430. The number of hydrogen-bond donors (Lipinski definition) is 1. The van der Waals surface area contributed by atoms with E-state index in [1.54, 1.807) is 11.9 Å². The maximum atomic E-state index is 12.2. The molecule has 1 aliphatic heterocycles. The first-order valence-corrected chi connectivity index (χ1v) is 7.47. The minimum absolute atomic E-state index is 0.0231. The lowest BCUT2D eigenvalue weighted by Gasteiger charge is -2.32. The number of aryl methyl sites for hydroxylation is 1. The zero-order valence-corrected chi connectivity index (χ0v) is 13.1. The van der Waals surface area contributed by atoms with Crippen LogP contribution in [0, 0.1) is 12.8 Å². The molecule has 1 saturated heterocycles. The third kappa shape index (κ3) is 2.82. The average Bonchev–Trinajstić information content (AvgIpc) is 2.87. The minimum atomic E-state index is -0.430. The molecule has 1 fully saturated rings. The predicted molar refractivity (Wildman–Crippen MR) is 76.3 cm³/mol. The highest BCUT2D eigenvalue weighted by Gasteiger charge is 2.47. The number of carbonyl (C=O) groups excluding carboxylic acids is 2. The van der Waals surface area contributed by atoms with E-state index in [0.29, 0.717) is 13.0 Å². The van der Waals surface area contributed by atoms with E-state index in [1.807, 2.05) is 20.8 Å². The Morgan fingerprint density at radius 3 is 2.70 bits per heavy atom. The largest absolute Gasteiger partial charge is 0.355 e. The van der Waals surface area contributed by atoms with Gasteiger partial charge in [-0.05, 0) is 20.8 Å².